The van der Waals surface area contributed by atoms with E-state index in [9.17, 15) is 0 Å². The average molecular weight is 173 g/mol. The van der Waals surface area contributed by atoms with Gasteiger partial charge in [0.25, 0.3) is 0 Å². The number of methoxy groups -OCH3 is 1. The molecule has 1 aromatic rings. The maximum absolute atomic E-state index is 5.04. The summed E-state index contributed by atoms with van der Waals surface area (Å²) in [7, 11) is 1.69. The Bertz CT molecular complexity index is 190. The van der Waals surface area contributed by atoms with Gasteiger partial charge in [-0.25, -0.2) is 0 Å². The van der Waals surface area contributed by atoms with Crippen molar-refractivity contribution in [3.05, 3.63) is 5.51 Å². The molecule has 0 radical (unpaired) electrons. The second kappa shape index (κ2) is 4.25. The zero-order chi connectivity index (χ0) is 8.10. The zero-order valence-corrected chi connectivity index (χ0v) is 7.39. The van der Waals surface area contributed by atoms with Gasteiger partial charge in [0.15, 0.2) is 0 Å². The summed E-state index contributed by atoms with van der Waals surface area (Å²) in [5, 5.41) is 11.5. The van der Waals surface area contributed by atoms with Gasteiger partial charge < -0.3 is 10.1 Å². The molecule has 4 nitrogen and oxygen atoms in total. The molecule has 0 bridgehead atoms. The minimum atomic E-state index is 0.207. The second-order valence-corrected chi connectivity index (χ2v) is 3.00. The first-order valence-corrected chi connectivity index (χ1v) is 4.23. The summed E-state index contributed by atoms with van der Waals surface area (Å²) in [6.07, 6.45) is 0.207. The van der Waals surface area contributed by atoms with Crippen molar-refractivity contribution in [1.29, 1.82) is 0 Å². The molecule has 11 heavy (non-hydrogen) atoms. The fraction of sp³-hybridized carbons (Fsp3) is 0.667. The molecule has 0 saturated heterocycles. The lowest BCUT2D eigenvalue weighted by Gasteiger charge is -2.08. The molecule has 1 rings (SSSR count). The van der Waals surface area contributed by atoms with Crippen LogP contribution in [0.15, 0.2) is 5.51 Å². The number of aromatic nitrogens is 2. The van der Waals surface area contributed by atoms with Crippen LogP contribution < -0.4 is 5.32 Å². The number of rotatable bonds is 4. The fourth-order valence-corrected chi connectivity index (χ4v) is 1.02. The molecule has 0 saturated carbocycles. The lowest BCUT2D eigenvalue weighted by molar-refractivity contribution is 0.129. The summed E-state index contributed by atoms with van der Waals surface area (Å²) in [6.45, 7) is 2.76. The third kappa shape index (κ3) is 2.81. The number of ether oxygens (including phenoxy) is 1. The first-order valence-electron chi connectivity index (χ1n) is 3.35. The van der Waals surface area contributed by atoms with E-state index >= 15 is 0 Å². The molecule has 1 atom stereocenters. The first kappa shape index (κ1) is 8.42. The molecule has 1 unspecified atom stereocenters. The van der Waals surface area contributed by atoms with Crippen molar-refractivity contribution in [3.63, 3.8) is 0 Å². The highest BCUT2D eigenvalue weighted by molar-refractivity contribution is 7.13. The molecule has 0 aliphatic heterocycles. The van der Waals surface area contributed by atoms with Crippen molar-refractivity contribution >= 4 is 16.5 Å². The minimum absolute atomic E-state index is 0.207. The topological polar surface area (TPSA) is 47.0 Å². The second-order valence-electron chi connectivity index (χ2n) is 2.17. The third-order valence-corrected chi connectivity index (χ3v) is 1.95. The van der Waals surface area contributed by atoms with Crippen LogP contribution in [0.5, 0.6) is 0 Å². The van der Waals surface area contributed by atoms with Crippen molar-refractivity contribution < 1.29 is 4.74 Å². The summed E-state index contributed by atoms with van der Waals surface area (Å²) in [5.74, 6) is 0. The molecule has 0 spiro atoms. The fourth-order valence-electron chi connectivity index (χ4n) is 0.564. The monoisotopic (exact) mass is 173 g/mol. The van der Waals surface area contributed by atoms with Crippen LogP contribution in [0.4, 0.5) is 5.13 Å². The summed E-state index contributed by atoms with van der Waals surface area (Å²) < 4.78 is 5.04. The maximum atomic E-state index is 5.04. The van der Waals surface area contributed by atoms with E-state index in [1.165, 1.54) is 11.3 Å². The van der Waals surface area contributed by atoms with Crippen LogP contribution in [0, 0.1) is 0 Å². The Morgan fingerprint density at radius 1 is 1.82 bits per heavy atom. The standard InChI is InChI=1S/C6H11N3OS/c1-5(10-2)3-7-6-9-8-4-11-6/h4-5H,3H2,1-2H3,(H,7,9). The lowest BCUT2D eigenvalue weighted by Crippen LogP contribution is -2.17. The maximum Gasteiger partial charge on any atom is 0.205 e. The van der Waals surface area contributed by atoms with Crippen molar-refractivity contribution in [2.75, 3.05) is 19.0 Å². The molecule has 1 heterocycles. The van der Waals surface area contributed by atoms with Crippen molar-refractivity contribution in [3.8, 4) is 0 Å². The zero-order valence-electron chi connectivity index (χ0n) is 6.57. The highest BCUT2D eigenvalue weighted by Crippen LogP contribution is 2.07. The van der Waals surface area contributed by atoms with Gasteiger partial charge in [0.2, 0.25) is 5.13 Å². The van der Waals surface area contributed by atoms with E-state index in [4.69, 9.17) is 4.74 Å². The molecule has 0 aromatic carbocycles. The smallest absolute Gasteiger partial charge is 0.205 e. The van der Waals surface area contributed by atoms with Gasteiger partial charge in [-0.1, -0.05) is 11.3 Å². The summed E-state index contributed by atoms with van der Waals surface area (Å²) in [4.78, 5) is 0. The molecular formula is C6H11N3OS. The SMILES string of the molecule is COC(C)CNc1nncs1. The third-order valence-electron chi connectivity index (χ3n) is 1.30. The van der Waals surface area contributed by atoms with Gasteiger partial charge in [-0.15, -0.1) is 10.2 Å². The molecule has 0 aliphatic rings. The first-order chi connectivity index (χ1) is 5.33. The Balaban J connectivity index is 2.23. The van der Waals surface area contributed by atoms with Crippen molar-refractivity contribution in [2.45, 2.75) is 13.0 Å². The molecule has 0 fully saturated rings. The van der Waals surface area contributed by atoms with Crippen LogP contribution in [0.3, 0.4) is 0 Å². The highest BCUT2D eigenvalue weighted by Gasteiger charge is 1.99. The largest absolute Gasteiger partial charge is 0.380 e. The van der Waals surface area contributed by atoms with E-state index in [0.29, 0.717) is 0 Å². The van der Waals surface area contributed by atoms with Gasteiger partial charge >= 0.3 is 0 Å². The van der Waals surface area contributed by atoms with E-state index in [0.717, 1.165) is 11.7 Å². The molecule has 0 aliphatic carbocycles. The molecular weight excluding hydrogens is 162 g/mol. The highest BCUT2D eigenvalue weighted by atomic mass is 32.1. The van der Waals surface area contributed by atoms with Crippen LogP contribution in [0.25, 0.3) is 0 Å². The van der Waals surface area contributed by atoms with Gasteiger partial charge in [-0.05, 0) is 6.92 Å². The van der Waals surface area contributed by atoms with Gasteiger partial charge in [-0.3, -0.25) is 0 Å². The average Bonchev–Trinajstić information content (AvgIpc) is 2.52. The van der Waals surface area contributed by atoms with Gasteiger partial charge in [-0.2, -0.15) is 0 Å². The molecule has 1 aromatic heterocycles. The Morgan fingerprint density at radius 2 is 2.64 bits per heavy atom. The Labute approximate surface area is 69.6 Å². The number of hydrogen-bond acceptors (Lipinski definition) is 5. The normalized spacial score (nSPS) is 12.9. The Morgan fingerprint density at radius 3 is 3.18 bits per heavy atom. The van der Waals surface area contributed by atoms with E-state index in [1.54, 1.807) is 12.6 Å². The predicted octanol–water partition coefficient (Wildman–Crippen LogP) is 0.985. The van der Waals surface area contributed by atoms with E-state index < -0.39 is 0 Å². The van der Waals surface area contributed by atoms with E-state index in [1.807, 2.05) is 6.92 Å². The number of nitrogens with one attached hydrogen (secondary N) is 1. The number of hydrogen-bond donors (Lipinski definition) is 1. The van der Waals surface area contributed by atoms with E-state index in [2.05, 4.69) is 15.5 Å². The van der Waals surface area contributed by atoms with E-state index in [-0.39, 0.29) is 6.10 Å². The molecule has 5 heteroatoms. The number of anilines is 1. The molecule has 0 amide bonds. The van der Waals surface area contributed by atoms with Crippen LogP contribution in [0.2, 0.25) is 0 Å². The van der Waals surface area contributed by atoms with Crippen molar-refractivity contribution in [2.24, 2.45) is 0 Å². The lowest BCUT2D eigenvalue weighted by atomic mass is 10.4. The summed E-state index contributed by atoms with van der Waals surface area (Å²) in [6, 6.07) is 0. The van der Waals surface area contributed by atoms with Crippen LogP contribution in [-0.4, -0.2) is 30.0 Å². The Kier molecular flexibility index (Phi) is 3.25. The quantitative estimate of drug-likeness (QED) is 0.737. The molecule has 1 N–H and O–H groups in total. The van der Waals surface area contributed by atoms with Crippen LogP contribution in [-0.2, 0) is 4.74 Å². The van der Waals surface area contributed by atoms with Gasteiger partial charge in [0.05, 0.1) is 6.10 Å². The predicted molar refractivity (Wildman–Crippen MR) is 44.9 cm³/mol. The van der Waals surface area contributed by atoms with Gasteiger partial charge in [0, 0.05) is 13.7 Å². The molecule has 62 valence electrons. The van der Waals surface area contributed by atoms with Crippen molar-refractivity contribution in [1.82, 2.24) is 10.2 Å². The summed E-state index contributed by atoms with van der Waals surface area (Å²) >= 11 is 1.49. The number of nitrogens with zero attached hydrogens (tertiary/aromatic N) is 2. The minimum Gasteiger partial charge on any atom is -0.380 e. The van der Waals surface area contributed by atoms with Crippen LogP contribution >= 0.6 is 11.3 Å². The Hall–Kier alpha value is -0.680. The summed E-state index contributed by atoms with van der Waals surface area (Å²) in [5.41, 5.74) is 1.69. The van der Waals surface area contributed by atoms with Gasteiger partial charge in [0.1, 0.15) is 5.51 Å². The van der Waals surface area contributed by atoms with Crippen LogP contribution in [0.1, 0.15) is 6.92 Å².